The van der Waals surface area contributed by atoms with E-state index in [1.165, 1.54) is 18.2 Å². The predicted octanol–water partition coefficient (Wildman–Crippen LogP) is 0.406. The number of nitrogens with one attached hydrogen (secondary N) is 1. The fourth-order valence-corrected chi connectivity index (χ4v) is 1.49. The summed E-state index contributed by atoms with van der Waals surface area (Å²) < 4.78 is 4.95. The van der Waals surface area contributed by atoms with Crippen LogP contribution in [0.15, 0.2) is 18.2 Å². The van der Waals surface area contributed by atoms with Crippen LogP contribution in [0.4, 0.5) is 0 Å². The van der Waals surface area contributed by atoms with E-state index in [0.717, 1.165) is 6.54 Å². The van der Waals surface area contributed by atoms with Crippen LogP contribution in [0.3, 0.4) is 0 Å². The van der Waals surface area contributed by atoms with E-state index < -0.39 is 0 Å². The zero-order valence-electron chi connectivity index (χ0n) is 11.2. The first-order chi connectivity index (χ1) is 9.04. The van der Waals surface area contributed by atoms with Gasteiger partial charge >= 0.3 is 0 Å². The highest BCUT2D eigenvalue weighted by molar-refractivity contribution is 5.94. The Morgan fingerprint density at radius 3 is 2.68 bits per heavy atom. The molecule has 0 aliphatic heterocycles. The van der Waals surface area contributed by atoms with Crippen LogP contribution in [0.5, 0.6) is 11.5 Å². The lowest BCUT2D eigenvalue weighted by Crippen LogP contribution is -2.34. The minimum Gasteiger partial charge on any atom is -0.504 e. The normalized spacial score (nSPS) is 10.7. The van der Waals surface area contributed by atoms with Gasteiger partial charge in [-0.1, -0.05) is 0 Å². The lowest BCUT2D eigenvalue weighted by atomic mass is 10.2. The third-order valence-corrected chi connectivity index (χ3v) is 2.69. The second-order valence-corrected chi connectivity index (χ2v) is 4.26. The van der Waals surface area contributed by atoms with Crippen LogP contribution in [-0.2, 0) is 4.74 Å². The van der Waals surface area contributed by atoms with Gasteiger partial charge in [0.1, 0.15) is 0 Å². The predicted molar refractivity (Wildman–Crippen MR) is 71.5 cm³/mol. The number of aromatic hydroxyl groups is 2. The van der Waals surface area contributed by atoms with Crippen molar-refractivity contribution >= 4 is 5.91 Å². The van der Waals surface area contributed by atoms with E-state index in [9.17, 15) is 9.90 Å². The molecule has 1 aromatic carbocycles. The summed E-state index contributed by atoms with van der Waals surface area (Å²) >= 11 is 0. The van der Waals surface area contributed by atoms with Gasteiger partial charge in [0, 0.05) is 32.3 Å². The smallest absolute Gasteiger partial charge is 0.251 e. The average molecular weight is 268 g/mol. The van der Waals surface area contributed by atoms with E-state index in [-0.39, 0.29) is 17.4 Å². The molecule has 3 N–H and O–H groups in total. The van der Waals surface area contributed by atoms with Crippen molar-refractivity contribution < 1.29 is 19.7 Å². The van der Waals surface area contributed by atoms with Crippen molar-refractivity contribution in [2.75, 3.05) is 40.4 Å². The molecule has 106 valence electrons. The number of hydrogen-bond donors (Lipinski definition) is 3. The van der Waals surface area contributed by atoms with E-state index in [1.807, 2.05) is 11.9 Å². The number of amides is 1. The van der Waals surface area contributed by atoms with Gasteiger partial charge in [0.2, 0.25) is 0 Å². The highest BCUT2D eigenvalue weighted by atomic mass is 16.5. The zero-order chi connectivity index (χ0) is 14.3. The Labute approximate surface area is 112 Å². The summed E-state index contributed by atoms with van der Waals surface area (Å²) in [6.45, 7) is 2.66. The minimum absolute atomic E-state index is 0.240. The van der Waals surface area contributed by atoms with Crippen molar-refractivity contribution in [2.45, 2.75) is 0 Å². The quantitative estimate of drug-likeness (QED) is 0.624. The molecule has 0 heterocycles. The second-order valence-electron chi connectivity index (χ2n) is 4.26. The van der Waals surface area contributed by atoms with E-state index in [1.54, 1.807) is 7.11 Å². The first kappa shape index (κ1) is 15.3. The van der Waals surface area contributed by atoms with Crippen LogP contribution in [0.1, 0.15) is 10.4 Å². The molecule has 0 fully saturated rings. The molecule has 6 heteroatoms. The summed E-state index contributed by atoms with van der Waals surface area (Å²) in [5.74, 6) is -0.823. The molecular formula is C13H20N2O4. The van der Waals surface area contributed by atoms with E-state index in [2.05, 4.69) is 5.32 Å². The van der Waals surface area contributed by atoms with Crippen LogP contribution in [0.2, 0.25) is 0 Å². The van der Waals surface area contributed by atoms with Crippen molar-refractivity contribution in [3.63, 3.8) is 0 Å². The van der Waals surface area contributed by atoms with Crippen LogP contribution in [0, 0.1) is 0 Å². The lowest BCUT2D eigenvalue weighted by molar-refractivity contribution is 0.0947. The maximum atomic E-state index is 11.8. The SMILES string of the molecule is COCCN(C)CCNC(=O)c1ccc(O)c(O)c1. The molecule has 0 aromatic heterocycles. The minimum atomic E-state index is -0.301. The molecule has 0 spiro atoms. The number of likely N-dealkylation sites (N-methyl/N-ethyl adjacent to an activating group) is 1. The number of carbonyl (C=O) groups excluding carboxylic acids is 1. The molecule has 0 saturated heterocycles. The largest absolute Gasteiger partial charge is 0.504 e. The van der Waals surface area contributed by atoms with Crippen molar-refractivity contribution in [2.24, 2.45) is 0 Å². The van der Waals surface area contributed by atoms with Gasteiger partial charge in [-0.15, -0.1) is 0 Å². The molecule has 0 bridgehead atoms. The van der Waals surface area contributed by atoms with Crippen molar-refractivity contribution in [1.82, 2.24) is 10.2 Å². The summed E-state index contributed by atoms with van der Waals surface area (Å²) in [4.78, 5) is 13.8. The number of methoxy groups -OCH3 is 1. The standard InChI is InChI=1S/C13H20N2O4/c1-15(7-8-19-2)6-5-14-13(18)10-3-4-11(16)12(17)9-10/h3-4,9,16-17H,5-8H2,1-2H3,(H,14,18). The number of ether oxygens (including phenoxy) is 1. The number of hydrogen-bond acceptors (Lipinski definition) is 5. The number of nitrogens with zero attached hydrogens (tertiary/aromatic N) is 1. The van der Waals surface area contributed by atoms with E-state index >= 15 is 0 Å². The number of benzene rings is 1. The number of phenolic OH excluding ortho intramolecular Hbond substituents is 2. The van der Waals surface area contributed by atoms with Crippen LogP contribution >= 0.6 is 0 Å². The lowest BCUT2D eigenvalue weighted by Gasteiger charge is -2.16. The van der Waals surface area contributed by atoms with Gasteiger partial charge in [0.05, 0.1) is 6.61 Å². The third-order valence-electron chi connectivity index (χ3n) is 2.69. The van der Waals surface area contributed by atoms with E-state index in [0.29, 0.717) is 25.3 Å². The molecular weight excluding hydrogens is 248 g/mol. The van der Waals surface area contributed by atoms with Gasteiger partial charge in [-0.3, -0.25) is 4.79 Å². The molecule has 0 aliphatic rings. The number of phenols is 2. The molecule has 6 nitrogen and oxygen atoms in total. The zero-order valence-corrected chi connectivity index (χ0v) is 11.2. The summed E-state index contributed by atoms with van der Waals surface area (Å²) in [6, 6.07) is 3.98. The monoisotopic (exact) mass is 268 g/mol. The van der Waals surface area contributed by atoms with Gasteiger partial charge in [0.25, 0.3) is 5.91 Å². The van der Waals surface area contributed by atoms with E-state index in [4.69, 9.17) is 9.84 Å². The molecule has 1 amide bonds. The Kier molecular flexibility index (Phi) is 6.11. The molecule has 0 radical (unpaired) electrons. The first-order valence-electron chi connectivity index (χ1n) is 6.02. The first-order valence-corrected chi connectivity index (χ1v) is 6.02. The van der Waals surface area contributed by atoms with Gasteiger partial charge in [0.15, 0.2) is 11.5 Å². The van der Waals surface area contributed by atoms with Crippen LogP contribution in [-0.4, -0.2) is 61.4 Å². The molecule has 1 rings (SSSR count). The number of rotatable bonds is 7. The summed E-state index contributed by atoms with van der Waals surface area (Å²) in [5, 5.41) is 21.2. The van der Waals surface area contributed by atoms with Crippen molar-refractivity contribution in [1.29, 1.82) is 0 Å². The van der Waals surface area contributed by atoms with Crippen molar-refractivity contribution in [3.05, 3.63) is 23.8 Å². The molecule has 0 saturated carbocycles. The maximum absolute atomic E-state index is 11.8. The Morgan fingerprint density at radius 2 is 2.05 bits per heavy atom. The van der Waals surface area contributed by atoms with Gasteiger partial charge in [-0.25, -0.2) is 0 Å². The number of carbonyl (C=O) groups is 1. The van der Waals surface area contributed by atoms with Gasteiger partial charge in [-0.2, -0.15) is 0 Å². The molecule has 1 aromatic rings. The van der Waals surface area contributed by atoms with Crippen LogP contribution in [0.25, 0.3) is 0 Å². The maximum Gasteiger partial charge on any atom is 0.251 e. The topological polar surface area (TPSA) is 82.0 Å². The summed E-state index contributed by atoms with van der Waals surface area (Å²) in [7, 11) is 3.59. The van der Waals surface area contributed by atoms with Crippen LogP contribution < -0.4 is 5.32 Å². The van der Waals surface area contributed by atoms with Crippen molar-refractivity contribution in [3.8, 4) is 11.5 Å². The average Bonchev–Trinajstić information content (AvgIpc) is 2.39. The van der Waals surface area contributed by atoms with Gasteiger partial charge in [-0.05, 0) is 25.2 Å². The Hall–Kier alpha value is -1.79. The molecule has 0 unspecified atom stereocenters. The highest BCUT2D eigenvalue weighted by Gasteiger charge is 2.08. The second kappa shape index (κ2) is 7.60. The summed E-state index contributed by atoms with van der Waals surface area (Å²) in [5.41, 5.74) is 0.315. The Balaban J connectivity index is 2.37. The molecule has 0 aliphatic carbocycles. The Morgan fingerprint density at radius 1 is 1.32 bits per heavy atom. The highest BCUT2D eigenvalue weighted by Crippen LogP contribution is 2.24. The molecule has 19 heavy (non-hydrogen) atoms. The summed E-state index contributed by atoms with van der Waals surface area (Å²) in [6.07, 6.45) is 0. The van der Waals surface area contributed by atoms with Gasteiger partial charge < -0.3 is 25.2 Å². The fraction of sp³-hybridized carbons (Fsp3) is 0.462. The molecule has 0 atom stereocenters. The fourth-order valence-electron chi connectivity index (χ4n) is 1.49. The third kappa shape index (κ3) is 5.15. The Bertz CT molecular complexity index is 423.